The first-order chi connectivity index (χ1) is 19.9. The molecule has 0 saturated heterocycles. The van der Waals surface area contributed by atoms with Crippen molar-refractivity contribution in [2.75, 3.05) is 44.2 Å². The molecule has 41 heavy (non-hydrogen) atoms. The van der Waals surface area contributed by atoms with Gasteiger partial charge in [-0.1, -0.05) is 0 Å². The number of rotatable bonds is 19. The van der Waals surface area contributed by atoms with Crippen LogP contribution in [0.4, 0.5) is 21.0 Å². The molecule has 2 aromatic rings. The first kappa shape index (κ1) is 32.7. The molecule has 0 fully saturated rings. The minimum Gasteiger partial charge on any atom is -0.494 e. The average Bonchev–Trinajstić information content (AvgIpc) is 2.96. The van der Waals surface area contributed by atoms with Crippen molar-refractivity contribution in [3.8, 4) is 11.5 Å². The normalized spacial score (nSPS) is 10.3. The summed E-state index contributed by atoms with van der Waals surface area (Å²) in [6.07, 6.45) is 3.74. The van der Waals surface area contributed by atoms with Gasteiger partial charge in [0, 0.05) is 24.2 Å². The van der Waals surface area contributed by atoms with Gasteiger partial charge in [-0.3, -0.25) is 20.2 Å². The zero-order valence-electron chi connectivity index (χ0n) is 23.2. The maximum atomic E-state index is 12.0. The Kier molecular flexibility index (Phi) is 15.6. The number of carboxylic acid groups (broad SMARTS) is 1. The maximum Gasteiger partial charge on any atom is 0.411 e. The fraction of sp³-hybridized carbons (Fsp3) is 0.448. The smallest absolute Gasteiger partial charge is 0.411 e. The molecule has 12 nitrogen and oxygen atoms in total. The van der Waals surface area contributed by atoms with E-state index in [0.29, 0.717) is 48.9 Å². The van der Waals surface area contributed by atoms with Crippen LogP contribution in [0.3, 0.4) is 0 Å². The molecule has 2 aromatic carbocycles. The van der Waals surface area contributed by atoms with Gasteiger partial charge in [-0.15, -0.1) is 0 Å². The highest BCUT2D eigenvalue weighted by molar-refractivity contribution is 5.85. The fourth-order valence-electron chi connectivity index (χ4n) is 3.43. The summed E-state index contributed by atoms with van der Waals surface area (Å²) in [4.78, 5) is 45.5. The summed E-state index contributed by atoms with van der Waals surface area (Å²) >= 11 is 0. The van der Waals surface area contributed by atoms with Crippen molar-refractivity contribution in [3.63, 3.8) is 0 Å². The number of nitrogens with one attached hydrogen (secondary N) is 2. The summed E-state index contributed by atoms with van der Waals surface area (Å²) in [5.41, 5.74) is 1.03. The van der Waals surface area contributed by atoms with Crippen LogP contribution < -0.4 is 20.1 Å². The average molecular weight is 575 g/mol. The molecule has 0 radical (unpaired) electrons. The molecule has 0 aromatic heterocycles. The van der Waals surface area contributed by atoms with E-state index in [9.17, 15) is 19.2 Å². The first-order valence-corrected chi connectivity index (χ1v) is 13.5. The van der Waals surface area contributed by atoms with Gasteiger partial charge in [0.2, 0.25) is 0 Å². The third-order valence-corrected chi connectivity index (χ3v) is 5.58. The van der Waals surface area contributed by atoms with Gasteiger partial charge in [0.05, 0.1) is 20.3 Å². The summed E-state index contributed by atoms with van der Waals surface area (Å²) in [5, 5.41) is 13.8. The van der Waals surface area contributed by atoms with Crippen LogP contribution in [0.25, 0.3) is 0 Å². The lowest BCUT2D eigenvalue weighted by Gasteiger charge is -2.10. The molecule has 224 valence electrons. The van der Waals surface area contributed by atoms with Crippen LogP contribution >= 0.6 is 0 Å². The molecule has 2 rings (SSSR count). The van der Waals surface area contributed by atoms with E-state index in [4.69, 9.17) is 24.1 Å². The number of amides is 2. The number of carbonyl (C=O) groups is 4. The molecule has 0 saturated carbocycles. The van der Waals surface area contributed by atoms with Gasteiger partial charge < -0.3 is 28.8 Å². The van der Waals surface area contributed by atoms with E-state index in [1.54, 1.807) is 48.5 Å². The van der Waals surface area contributed by atoms with Gasteiger partial charge in [0.15, 0.2) is 0 Å². The zero-order chi connectivity index (χ0) is 29.7. The van der Waals surface area contributed by atoms with Crippen LogP contribution in [-0.2, 0) is 23.8 Å². The van der Waals surface area contributed by atoms with Gasteiger partial charge >= 0.3 is 24.1 Å². The highest BCUT2D eigenvalue weighted by atomic mass is 16.6. The summed E-state index contributed by atoms with van der Waals surface area (Å²) in [6, 6.07) is 13.5. The van der Waals surface area contributed by atoms with E-state index in [-0.39, 0.29) is 25.6 Å². The van der Waals surface area contributed by atoms with Gasteiger partial charge in [0.1, 0.15) is 24.7 Å². The van der Waals surface area contributed by atoms with Crippen molar-refractivity contribution < 1.29 is 48.0 Å². The predicted molar refractivity (Wildman–Crippen MR) is 150 cm³/mol. The Morgan fingerprint density at radius 2 is 1.05 bits per heavy atom. The van der Waals surface area contributed by atoms with Crippen molar-refractivity contribution in [2.24, 2.45) is 0 Å². The number of benzene rings is 2. The molecule has 0 aliphatic rings. The van der Waals surface area contributed by atoms with Crippen LogP contribution in [0.15, 0.2) is 48.5 Å². The number of esters is 1. The Bertz CT molecular complexity index is 1070. The summed E-state index contributed by atoms with van der Waals surface area (Å²) < 4.78 is 25.9. The molecular weight excluding hydrogens is 536 g/mol. The van der Waals surface area contributed by atoms with Gasteiger partial charge in [-0.25, -0.2) is 9.59 Å². The molecule has 12 heteroatoms. The van der Waals surface area contributed by atoms with Crippen molar-refractivity contribution in [1.82, 2.24) is 0 Å². The number of carboxylic acids is 1. The lowest BCUT2D eigenvalue weighted by molar-refractivity contribution is -0.141. The van der Waals surface area contributed by atoms with E-state index in [0.717, 1.165) is 32.1 Å². The topological polar surface area (TPSA) is 159 Å². The second-order valence-electron chi connectivity index (χ2n) is 8.86. The first-order valence-electron chi connectivity index (χ1n) is 13.5. The molecule has 3 N–H and O–H groups in total. The standard InChI is InChI=1S/C29H38N2O10/c1-37-27(34)9-5-3-7-19-39-25-16-12-23(13-17-25)31-29(36)41-21-20-40-28(35)30-22-10-14-24(15-11-22)38-18-6-2-4-8-26(32)33/h10-17H,2-9,18-21H2,1H3,(H,30,35)(H,31,36)(H,32,33). The minimum atomic E-state index is -0.798. The fourth-order valence-corrected chi connectivity index (χ4v) is 3.43. The number of unbranched alkanes of at least 4 members (excludes halogenated alkanes) is 4. The van der Waals surface area contributed by atoms with E-state index in [1.165, 1.54) is 7.11 Å². The second-order valence-corrected chi connectivity index (χ2v) is 8.86. The third-order valence-electron chi connectivity index (χ3n) is 5.58. The number of methoxy groups -OCH3 is 1. The van der Waals surface area contributed by atoms with E-state index in [1.807, 2.05) is 0 Å². The van der Waals surface area contributed by atoms with Crippen LogP contribution in [0.1, 0.15) is 51.4 Å². The largest absolute Gasteiger partial charge is 0.494 e. The van der Waals surface area contributed by atoms with Crippen LogP contribution in [0.2, 0.25) is 0 Å². The second kappa shape index (κ2) is 19.6. The lowest BCUT2D eigenvalue weighted by Crippen LogP contribution is -2.20. The quantitative estimate of drug-likeness (QED) is 0.109. The van der Waals surface area contributed by atoms with E-state index < -0.39 is 18.2 Å². The lowest BCUT2D eigenvalue weighted by atomic mass is 10.2. The number of hydrogen-bond acceptors (Lipinski definition) is 9. The Morgan fingerprint density at radius 3 is 1.46 bits per heavy atom. The molecule has 0 atom stereocenters. The zero-order valence-corrected chi connectivity index (χ0v) is 23.2. The van der Waals surface area contributed by atoms with Gasteiger partial charge in [0.25, 0.3) is 0 Å². The number of aliphatic carboxylic acids is 1. The predicted octanol–water partition coefficient (Wildman–Crippen LogP) is 5.62. The number of anilines is 2. The number of hydrogen-bond donors (Lipinski definition) is 3. The SMILES string of the molecule is COC(=O)CCCCCOc1ccc(NC(=O)OCCOC(=O)Nc2ccc(OCCCCCC(=O)O)cc2)cc1. The van der Waals surface area contributed by atoms with E-state index in [2.05, 4.69) is 15.4 Å². The number of ether oxygens (including phenoxy) is 5. The molecule has 0 heterocycles. The molecule has 0 aliphatic heterocycles. The highest BCUT2D eigenvalue weighted by Gasteiger charge is 2.07. The van der Waals surface area contributed by atoms with Crippen molar-refractivity contribution in [2.45, 2.75) is 51.4 Å². The Balaban J connectivity index is 1.53. The molecule has 0 bridgehead atoms. The Labute approximate surface area is 239 Å². The third kappa shape index (κ3) is 15.6. The molecule has 0 aliphatic carbocycles. The summed E-state index contributed by atoms with van der Waals surface area (Å²) in [6.45, 7) is 0.732. The molecule has 0 unspecified atom stereocenters. The van der Waals surface area contributed by atoms with E-state index >= 15 is 0 Å². The van der Waals surface area contributed by atoms with Crippen LogP contribution in [-0.4, -0.2) is 62.8 Å². The molecule has 2 amide bonds. The van der Waals surface area contributed by atoms with Gasteiger partial charge in [-0.2, -0.15) is 0 Å². The summed E-state index contributed by atoms with van der Waals surface area (Å²) in [5.74, 6) is 0.279. The Morgan fingerprint density at radius 1 is 0.610 bits per heavy atom. The molecule has 0 spiro atoms. The molecular formula is C29H38N2O10. The monoisotopic (exact) mass is 574 g/mol. The van der Waals surface area contributed by atoms with Crippen LogP contribution in [0.5, 0.6) is 11.5 Å². The van der Waals surface area contributed by atoms with Crippen molar-refractivity contribution in [1.29, 1.82) is 0 Å². The summed E-state index contributed by atoms with van der Waals surface area (Å²) in [7, 11) is 1.37. The maximum absolute atomic E-state index is 12.0. The van der Waals surface area contributed by atoms with Crippen molar-refractivity contribution in [3.05, 3.63) is 48.5 Å². The van der Waals surface area contributed by atoms with Crippen LogP contribution in [0, 0.1) is 0 Å². The number of carbonyl (C=O) groups excluding carboxylic acids is 3. The Hall–Kier alpha value is -4.48. The minimum absolute atomic E-state index is 0.129. The van der Waals surface area contributed by atoms with Crippen molar-refractivity contribution >= 4 is 35.5 Å². The highest BCUT2D eigenvalue weighted by Crippen LogP contribution is 2.18. The van der Waals surface area contributed by atoms with Gasteiger partial charge in [-0.05, 0) is 87.1 Å².